The summed E-state index contributed by atoms with van der Waals surface area (Å²) in [5.41, 5.74) is -0.464. The molecule has 3 amide bonds. The number of likely N-dealkylation sites (tertiary alicyclic amines) is 1. The number of anilines is 1. The number of carbonyl (C=O) groups is 3. The monoisotopic (exact) mass is 581 g/mol. The van der Waals surface area contributed by atoms with E-state index in [4.69, 9.17) is 9.47 Å². The first-order valence-corrected chi connectivity index (χ1v) is 15.4. The van der Waals surface area contributed by atoms with Crippen LogP contribution in [0, 0.1) is 11.8 Å². The fourth-order valence-corrected chi connectivity index (χ4v) is 7.34. The van der Waals surface area contributed by atoms with E-state index >= 15 is 0 Å². The lowest BCUT2D eigenvalue weighted by Crippen LogP contribution is -2.60. The molecule has 0 aliphatic carbocycles. The van der Waals surface area contributed by atoms with Crippen LogP contribution in [0.1, 0.15) is 59.8 Å². The molecule has 42 heavy (non-hydrogen) atoms. The Bertz CT molecular complexity index is 1150. The van der Waals surface area contributed by atoms with Gasteiger partial charge in [0.15, 0.2) is 0 Å². The van der Waals surface area contributed by atoms with Crippen molar-refractivity contribution in [1.29, 1.82) is 0 Å². The zero-order chi connectivity index (χ0) is 30.6. The zero-order valence-corrected chi connectivity index (χ0v) is 25.5. The number of ether oxygens (including phenoxy) is 2. The molecule has 4 rings (SSSR count). The average molecular weight is 582 g/mol. The summed E-state index contributed by atoms with van der Waals surface area (Å²) in [5.74, 6) is -1.59. The van der Waals surface area contributed by atoms with Gasteiger partial charge in [0, 0.05) is 24.8 Å². The predicted molar refractivity (Wildman–Crippen MR) is 162 cm³/mol. The van der Waals surface area contributed by atoms with Gasteiger partial charge >= 0.3 is 0 Å². The average Bonchev–Trinajstić information content (AvgIpc) is 3.63. The van der Waals surface area contributed by atoms with E-state index in [1.807, 2.05) is 45.0 Å². The maximum absolute atomic E-state index is 14.5. The van der Waals surface area contributed by atoms with E-state index in [-0.39, 0.29) is 36.9 Å². The van der Waals surface area contributed by atoms with E-state index in [1.54, 1.807) is 26.9 Å². The Morgan fingerprint density at radius 2 is 1.86 bits per heavy atom. The molecule has 9 heteroatoms. The maximum atomic E-state index is 14.5. The van der Waals surface area contributed by atoms with Crippen molar-refractivity contribution in [2.45, 2.75) is 89.6 Å². The minimum atomic E-state index is -1.13. The predicted octanol–water partition coefficient (Wildman–Crippen LogP) is 3.95. The Kier molecular flexibility index (Phi) is 10.1. The number of hydrogen-bond acceptors (Lipinski definition) is 6. The van der Waals surface area contributed by atoms with Gasteiger partial charge in [-0.25, -0.2) is 0 Å². The summed E-state index contributed by atoms with van der Waals surface area (Å²) in [5, 5.41) is 10.3. The molecule has 0 saturated carbocycles. The second kappa shape index (κ2) is 13.4. The summed E-state index contributed by atoms with van der Waals surface area (Å²) in [6.07, 6.45) is 6.13. The van der Waals surface area contributed by atoms with Gasteiger partial charge in [-0.1, -0.05) is 32.4 Å². The number of aliphatic hydroxyl groups is 1. The minimum absolute atomic E-state index is 0.0686. The van der Waals surface area contributed by atoms with Crippen LogP contribution in [0.5, 0.6) is 5.75 Å². The van der Waals surface area contributed by atoms with Gasteiger partial charge < -0.3 is 29.3 Å². The maximum Gasteiger partial charge on any atom is 0.248 e. The lowest BCUT2D eigenvalue weighted by atomic mass is 9.70. The molecule has 3 fully saturated rings. The van der Waals surface area contributed by atoms with Crippen molar-refractivity contribution in [3.8, 4) is 5.75 Å². The molecule has 0 aromatic heterocycles. The summed E-state index contributed by atoms with van der Waals surface area (Å²) >= 11 is 0. The molecule has 3 aliphatic heterocycles. The third kappa shape index (κ3) is 5.37. The number of fused-ring (bicyclic) bond motifs is 1. The van der Waals surface area contributed by atoms with Gasteiger partial charge in [0.2, 0.25) is 17.7 Å². The number of hydrogen-bond donors (Lipinski definition) is 1. The molecule has 2 bridgehead atoms. The number of aliphatic hydroxyl groups excluding tert-OH is 1. The first-order chi connectivity index (χ1) is 20.2. The third-order valence-corrected chi connectivity index (χ3v) is 9.22. The van der Waals surface area contributed by atoms with Crippen LogP contribution in [0.3, 0.4) is 0 Å². The van der Waals surface area contributed by atoms with Crippen molar-refractivity contribution in [2.75, 3.05) is 31.2 Å². The van der Waals surface area contributed by atoms with Crippen molar-refractivity contribution >= 4 is 23.4 Å². The molecule has 1 spiro atoms. The molecule has 9 nitrogen and oxygen atoms in total. The van der Waals surface area contributed by atoms with Gasteiger partial charge in [-0.2, -0.15) is 0 Å². The highest BCUT2D eigenvalue weighted by Gasteiger charge is 2.75. The van der Waals surface area contributed by atoms with Gasteiger partial charge in [-0.15, -0.1) is 13.2 Å². The summed E-state index contributed by atoms with van der Waals surface area (Å²) < 4.78 is 12.2. The Hall–Kier alpha value is -3.17. The number of nitrogens with zero attached hydrogens (tertiary/aromatic N) is 3. The van der Waals surface area contributed by atoms with Gasteiger partial charge in [-0.05, 0) is 63.8 Å². The van der Waals surface area contributed by atoms with E-state index in [0.717, 1.165) is 12.8 Å². The van der Waals surface area contributed by atoms with Crippen LogP contribution in [0.25, 0.3) is 0 Å². The van der Waals surface area contributed by atoms with Crippen LogP contribution in [-0.4, -0.2) is 88.8 Å². The Balaban J connectivity index is 1.75. The standard InChI is InChI=1S/C33H47N3O6/c1-7-12-22(6)34(19-8-2)32(40)29-33-18-17-26(42-33)27(28(33)31(39)36(29)23(10-4)21-37)30(38)35(20-9-3)24-13-15-25(16-14-24)41-11-5/h8-9,13-16,22-23,26-29,37H,2-3,7,10-12,17-21H2,1,4-6H3/t22?,23-,26-,27+,28-,29?,33?/m0/s1. The van der Waals surface area contributed by atoms with E-state index in [1.165, 1.54) is 0 Å². The van der Waals surface area contributed by atoms with Crippen molar-refractivity contribution in [2.24, 2.45) is 11.8 Å². The number of carbonyl (C=O) groups excluding carboxylic acids is 3. The molecule has 3 aliphatic rings. The second-order valence-electron chi connectivity index (χ2n) is 11.6. The summed E-state index contributed by atoms with van der Waals surface area (Å²) in [6, 6.07) is 5.73. The van der Waals surface area contributed by atoms with Crippen molar-refractivity contribution in [3.63, 3.8) is 0 Å². The van der Waals surface area contributed by atoms with E-state index in [2.05, 4.69) is 20.1 Å². The van der Waals surface area contributed by atoms with Crippen LogP contribution in [0.4, 0.5) is 5.69 Å². The van der Waals surface area contributed by atoms with Crippen LogP contribution in [-0.2, 0) is 19.1 Å². The SMILES string of the molecule is C=CCN(C(=O)[C@@H]1[C@@H]2CCC3(O2)C(C(=O)N(CC=C)C(C)CCC)N([C@@H](CC)CO)C(=O)[C@H]13)c1ccc(OCC)cc1. The highest BCUT2D eigenvalue weighted by atomic mass is 16.5. The quantitative estimate of drug-likeness (QED) is 0.315. The molecule has 3 saturated heterocycles. The van der Waals surface area contributed by atoms with Crippen LogP contribution < -0.4 is 9.64 Å². The third-order valence-electron chi connectivity index (χ3n) is 9.22. The summed E-state index contributed by atoms with van der Waals surface area (Å²) in [6.45, 7) is 16.5. The van der Waals surface area contributed by atoms with Crippen LogP contribution >= 0.6 is 0 Å². The minimum Gasteiger partial charge on any atom is -0.494 e. The van der Waals surface area contributed by atoms with Crippen molar-refractivity contribution < 1.29 is 29.0 Å². The van der Waals surface area contributed by atoms with Crippen LogP contribution in [0.15, 0.2) is 49.6 Å². The summed E-state index contributed by atoms with van der Waals surface area (Å²) in [7, 11) is 0. The lowest BCUT2D eigenvalue weighted by Gasteiger charge is -2.40. The highest BCUT2D eigenvalue weighted by molar-refractivity contribution is 6.03. The zero-order valence-electron chi connectivity index (χ0n) is 25.5. The molecule has 3 unspecified atom stereocenters. The van der Waals surface area contributed by atoms with E-state index in [0.29, 0.717) is 43.9 Å². The number of rotatable bonds is 15. The molecular formula is C33H47N3O6. The van der Waals surface area contributed by atoms with Gasteiger partial charge in [0.25, 0.3) is 0 Å². The van der Waals surface area contributed by atoms with Gasteiger partial charge in [-0.3, -0.25) is 14.4 Å². The van der Waals surface area contributed by atoms with Crippen molar-refractivity contribution in [3.05, 3.63) is 49.6 Å². The van der Waals surface area contributed by atoms with Gasteiger partial charge in [0.05, 0.1) is 37.2 Å². The molecule has 1 aromatic rings. The normalized spacial score (nSPS) is 27.4. The fourth-order valence-electron chi connectivity index (χ4n) is 7.34. The molecule has 0 radical (unpaired) electrons. The number of amides is 3. The Morgan fingerprint density at radius 3 is 2.43 bits per heavy atom. The van der Waals surface area contributed by atoms with Crippen LogP contribution in [0.2, 0.25) is 0 Å². The fraction of sp³-hybridized carbons (Fsp3) is 0.606. The molecule has 230 valence electrons. The van der Waals surface area contributed by atoms with Gasteiger partial charge in [0.1, 0.15) is 17.4 Å². The molecule has 1 N–H and O–H groups in total. The Labute approximate surface area is 250 Å². The van der Waals surface area contributed by atoms with E-state index in [9.17, 15) is 19.5 Å². The second-order valence-corrected chi connectivity index (χ2v) is 11.6. The Morgan fingerprint density at radius 1 is 1.17 bits per heavy atom. The van der Waals surface area contributed by atoms with E-state index < -0.39 is 35.6 Å². The molecular weight excluding hydrogens is 534 g/mol. The molecule has 7 atom stereocenters. The molecule has 3 heterocycles. The van der Waals surface area contributed by atoms with Crippen molar-refractivity contribution in [1.82, 2.24) is 9.80 Å². The largest absolute Gasteiger partial charge is 0.494 e. The smallest absolute Gasteiger partial charge is 0.248 e. The lowest BCUT2D eigenvalue weighted by molar-refractivity contribution is -0.152. The number of benzene rings is 1. The molecule has 1 aromatic carbocycles. The first-order valence-electron chi connectivity index (χ1n) is 15.4. The first kappa shape index (κ1) is 31.8. The highest BCUT2D eigenvalue weighted by Crippen LogP contribution is 2.59. The summed E-state index contributed by atoms with van der Waals surface area (Å²) in [4.78, 5) is 48.2. The topological polar surface area (TPSA) is 99.6 Å².